The highest BCUT2D eigenvalue weighted by Gasteiger charge is 2.34. The zero-order valence-electron chi connectivity index (χ0n) is 8.26. The second-order valence-corrected chi connectivity index (χ2v) is 6.40. The zero-order valence-corrected chi connectivity index (χ0v) is 11.3. The predicted molar refractivity (Wildman–Crippen MR) is 64.2 cm³/mol. The van der Waals surface area contributed by atoms with Crippen molar-refractivity contribution in [3.63, 3.8) is 0 Å². The number of aryl methyl sites for hydroxylation is 1. The van der Waals surface area contributed by atoms with Crippen LogP contribution >= 0.6 is 46.1 Å². The van der Waals surface area contributed by atoms with Gasteiger partial charge in [0.15, 0.2) is 12.0 Å². The van der Waals surface area contributed by atoms with Crippen LogP contribution in [0.15, 0.2) is 0 Å². The number of carbonyl (C=O) groups excluding carboxylic acids is 1. The SMILES string of the molecule is Cc1nnc(-n2nnc(C=O)c2C(Cl)(Cl)Cl)s1. The number of aldehydes is 1. The maximum absolute atomic E-state index is 10.8. The molecule has 2 heterocycles. The van der Waals surface area contributed by atoms with E-state index in [9.17, 15) is 4.79 Å². The van der Waals surface area contributed by atoms with E-state index < -0.39 is 3.79 Å². The van der Waals surface area contributed by atoms with E-state index in [1.54, 1.807) is 6.92 Å². The molecule has 90 valence electrons. The quantitative estimate of drug-likeness (QED) is 0.627. The van der Waals surface area contributed by atoms with Crippen molar-refractivity contribution in [2.75, 3.05) is 0 Å². The number of hydrogen-bond donors (Lipinski definition) is 0. The molecule has 0 aliphatic rings. The average molecular weight is 313 g/mol. The summed E-state index contributed by atoms with van der Waals surface area (Å²) in [6, 6.07) is 0. The third-order valence-corrected chi connectivity index (χ3v) is 3.12. The maximum atomic E-state index is 10.8. The van der Waals surface area contributed by atoms with Crippen molar-refractivity contribution >= 4 is 52.4 Å². The molecule has 0 spiro atoms. The first-order valence-electron chi connectivity index (χ1n) is 4.22. The first-order chi connectivity index (χ1) is 7.93. The Kier molecular flexibility index (Phi) is 3.35. The molecule has 0 saturated heterocycles. The first kappa shape index (κ1) is 12.7. The molecule has 10 heteroatoms. The summed E-state index contributed by atoms with van der Waals surface area (Å²) in [5.74, 6) is 0. The summed E-state index contributed by atoms with van der Waals surface area (Å²) < 4.78 is -0.624. The second-order valence-electron chi connectivity index (χ2n) is 2.95. The monoisotopic (exact) mass is 311 g/mol. The Morgan fingerprint density at radius 1 is 1.29 bits per heavy atom. The molecular formula is C7H4Cl3N5OS. The molecule has 2 rings (SSSR count). The highest BCUT2D eigenvalue weighted by atomic mass is 35.6. The topological polar surface area (TPSA) is 73.6 Å². The molecule has 0 saturated carbocycles. The van der Waals surface area contributed by atoms with Crippen LogP contribution in [0, 0.1) is 6.92 Å². The second kappa shape index (κ2) is 4.49. The Morgan fingerprint density at radius 2 is 2.00 bits per heavy atom. The molecule has 0 aromatic carbocycles. The van der Waals surface area contributed by atoms with Crippen LogP contribution in [-0.4, -0.2) is 31.5 Å². The lowest BCUT2D eigenvalue weighted by atomic mass is 10.3. The van der Waals surface area contributed by atoms with Crippen molar-refractivity contribution in [2.45, 2.75) is 10.7 Å². The fourth-order valence-corrected chi connectivity index (χ4v) is 2.32. The van der Waals surface area contributed by atoms with Crippen LogP contribution < -0.4 is 0 Å². The van der Waals surface area contributed by atoms with Gasteiger partial charge < -0.3 is 0 Å². The van der Waals surface area contributed by atoms with Crippen molar-refractivity contribution in [3.05, 3.63) is 16.4 Å². The highest BCUT2D eigenvalue weighted by molar-refractivity contribution is 7.13. The summed E-state index contributed by atoms with van der Waals surface area (Å²) in [5.41, 5.74) is 0.00602. The van der Waals surface area contributed by atoms with E-state index in [0.717, 1.165) is 5.01 Å². The number of halogens is 3. The molecule has 0 atom stereocenters. The van der Waals surface area contributed by atoms with Gasteiger partial charge in [0.25, 0.3) is 0 Å². The van der Waals surface area contributed by atoms with E-state index in [0.29, 0.717) is 11.4 Å². The van der Waals surface area contributed by atoms with Crippen LogP contribution in [0.2, 0.25) is 0 Å². The van der Waals surface area contributed by atoms with Gasteiger partial charge in [0, 0.05) is 0 Å². The van der Waals surface area contributed by atoms with E-state index in [4.69, 9.17) is 34.8 Å². The van der Waals surface area contributed by atoms with Crippen LogP contribution in [0.5, 0.6) is 0 Å². The van der Waals surface area contributed by atoms with Crippen molar-refractivity contribution in [3.8, 4) is 5.13 Å². The molecular weight excluding hydrogens is 309 g/mol. The fraction of sp³-hybridized carbons (Fsp3) is 0.286. The first-order valence-corrected chi connectivity index (χ1v) is 6.17. The number of hydrogen-bond acceptors (Lipinski definition) is 6. The molecule has 17 heavy (non-hydrogen) atoms. The zero-order chi connectivity index (χ0) is 12.6. The van der Waals surface area contributed by atoms with Gasteiger partial charge >= 0.3 is 0 Å². The van der Waals surface area contributed by atoms with E-state index in [-0.39, 0.29) is 11.4 Å². The van der Waals surface area contributed by atoms with Crippen LogP contribution in [0.1, 0.15) is 21.2 Å². The molecule has 0 fully saturated rings. The molecule has 0 aliphatic heterocycles. The molecule has 0 bridgehead atoms. The number of rotatable bonds is 2. The minimum atomic E-state index is -1.82. The molecule has 0 aliphatic carbocycles. The molecule has 0 amide bonds. The largest absolute Gasteiger partial charge is 0.296 e. The van der Waals surface area contributed by atoms with Gasteiger partial charge in [-0.15, -0.1) is 15.3 Å². The average Bonchev–Trinajstić information content (AvgIpc) is 2.81. The molecule has 6 nitrogen and oxygen atoms in total. The lowest BCUT2D eigenvalue weighted by Crippen LogP contribution is -2.12. The van der Waals surface area contributed by atoms with Crippen molar-refractivity contribution in [1.29, 1.82) is 0 Å². The van der Waals surface area contributed by atoms with Crippen LogP contribution in [0.3, 0.4) is 0 Å². The third kappa shape index (κ3) is 2.42. The van der Waals surface area contributed by atoms with E-state index >= 15 is 0 Å². The maximum Gasteiger partial charge on any atom is 0.235 e. The van der Waals surface area contributed by atoms with Gasteiger partial charge in [-0.25, -0.2) is 0 Å². The normalized spacial score (nSPS) is 11.8. The van der Waals surface area contributed by atoms with Gasteiger partial charge in [-0.1, -0.05) is 51.4 Å². The lowest BCUT2D eigenvalue weighted by molar-refractivity contribution is 0.111. The molecule has 0 N–H and O–H groups in total. The van der Waals surface area contributed by atoms with Crippen molar-refractivity contribution in [2.24, 2.45) is 0 Å². The Balaban J connectivity index is 2.63. The van der Waals surface area contributed by atoms with Crippen LogP contribution in [0.25, 0.3) is 5.13 Å². The summed E-state index contributed by atoms with van der Waals surface area (Å²) in [5, 5.41) is 16.1. The Morgan fingerprint density at radius 3 is 2.47 bits per heavy atom. The summed E-state index contributed by atoms with van der Waals surface area (Å²) >= 11 is 18.6. The Hall–Kier alpha value is -0.760. The van der Waals surface area contributed by atoms with Gasteiger partial charge in [0.2, 0.25) is 8.92 Å². The fourth-order valence-electron chi connectivity index (χ4n) is 1.14. The van der Waals surface area contributed by atoms with Gasteiger partial charge in [-0.3, -0.25) is 4.79 Å². The number of alkyl halides is 3. The van der Waals surface area contributed by atoms with Crippen LogP contribution in [0.4, 0.5) is 0 Å². The van der Waals surface area contributed by atoms with Gasteiger partial charge in [-0.2, -0.15) is 4.68 Å². The van der Waals surface area contributed by atoms with Crippen LogP contribution in [-0.2, 0) is 3.79 Å². The van der Waals surface area contributed by atoms with E-state index in [2.05, 4.69) is 20.5 Å². The summed E-state index contributed by atoms with van der Waals surface area (Å²) in [7, 11) is 0. The van der Waals surface area contributed by atoms with E-state index in [1.807, 2.05) is 0 Å². The van der Waals surface area contributed by atoms with Crippen molar-refractivity contribution in [1.82, 2.24) is 25.2 Å². The third-order valence-electron chi connectivity index (χ3n) is 1.77. The summed E-state index contributed by atoms with van der Waals surface area (Å²) in [6.45, 7) is 1.77. The number of nitrogens with zero attached hydrogens (tertiary/aromatic N) is 5. The Bertz CT molecular complexity index is 560. The standard InChI is InChI=1S/C7H4Cl3N5OS/c1-3-11-13-6(17-3)15-5(7(8,9)10)4(2-16)12-14-15/h2H,1H3. The van der Waals surface area contributed by atoms with Crippen molar-refractivity contribution < 1.29 is 4.79 Å². The van der Waals surface area contributed by atoms with Gasteiger partial charge in [-0.05, 0) is 6.92 Å². The minimum absolute atomic E-state index is 0.0437. The summed E-state index contributed by atoms with van der Waals surface area (Å²) in [4.78, 5) is 10.8. The predicted octanol–water partition coefficient (Wildman–Crippen LogP) is 2.07. The molecule has 0 unspecified atom stereocenters. The molecule has 2 aromatic heterocycles. The smallest absolute Gasteiger partial charge is 0.235 e. The number of carbonyl (C=O) groups is 1. The van der Waals surface area contributed by atoms with Gasteiger partial charge in [0.1, 0.15) is 10.7 Å². The lowest BCUT2D eigenvalue weighted by Gasteiger charge is -2.11. The molecule has 2 aromatic rings. The minimum Gasteiger partial charge on any atom is -0.296 e. The van der Waals surface area contributed by atoms with Gasteiger partial charge in [0.05, 0.1) is 0 Å². The highest BCUT2D eigenvalue weighted by Crippen LogP contribution is 2.40. The Labute approximate surface area is 114 Å². The van der Waals surface area contributed by atoms with E-state index in [1.165, 1.54) is 16.0 Å². The molecule has 0 radical (unpaired) electrons. The summed E-state index contributed by atoms with van der Waals surface area (Å²) in [6.07, 6.45) is 0.467. The number of aromatic nitrogens is 5.